The first-order valence-electron chi connectivity index (χ1n) is 8.07. The number of nitrogens with one attached hydrogen (secondary N) is 2. The lowest BCUT2D eigenvalue weighted by Crippen LogP contribution is -2.26. The number of amides is 2. The van der Waals surface area contributed by atoms with E-state index in [-0.39, 0.29) is 18.4 Å². The van der Waals surface area contributed by atoms with Crippen LogP contribution in [0.1, 0.15) is 10.4 Å². The topological polar surface area (TPSA) is 85.9 Å². The number of anilines is 1. The number of carbonyl (C=O) groups is 2. The van der Waals surface area contributed by atoms with Crippen molar-refractivity contribution >= 4 is 17.5 Å². The van der Waals surface area contributed by atoms with Crippen LogP contribution in [0.4, 0.5) is 5.69 Å². The summed E-state index contributed by atoms with van der Waals surface area (Å²) in [4.78, 5) is 23.9. The monoisotopic (exact) mass is 358 g/mol. The molecule has 0 fully saturated rings. The van der Waals surface area contributed by atoms with Gasteiger partial charge in [0, 0.05) is 24.9 Å². The molecule has 0 heterocycles. The molecule has 0 unspecified atom stereocenters. The van der Waals surface area contributed by atoms with Gasteiger partial charge in [-0.25, -0.2) is 0 Å². The Balaban J connectivity index is 1.84. The van der Waals surface area contributed by atoms with Gasteiger partial charge >= 0.3 is 0 Å². The Kier molecular flexibility index (Phi) is 7.45. The molecule has 0 saturated carbocycles. The average molecular weight is 358 g/mol. The van der Waals surface area contributed by atoms with E-state index in [1.54, 1.807) is 49.6 Å². The average Bonchev–Trinajstić information content (AvgIpc) is 2.67. The van der Waals surface area contributed by atoms with Gasteiger partial charge in [-0.15, -0.1) is 0 Å². The van der Waals surface area contributed by atoms with Crippen LogP contribution in [0.25, 0.3) is 0 Å². The maximum absolute atomic E-state index is 12.0. The Bertz CT molecular complexity index is 731. The number of benzene rings is 2. The highest BCUT2D eigenvalue weighted by atomic mass is 16.5. The van der Waals surface area contributed by atoms with E-state index in [9.17, 15) is 9.59 Å². The van der Waals surface area contributed by atoms with Gasteiger partial charge in [-0.2, -0.15) is 0 Å². The first-order valence-corrected chi connectivity index (χ1v) is 8.07. The smallest absolute Gasteiger partial charge is 0.262 e. The number of hydrogen-bond donors (Lipinski definition) is 2. The summed E-state index contributed by atoms with van der Waals surface area (Å²) >= 11 is 0. The first-order chi connectivity index (χ1) is 12.6. The van der Waals surface area contributed by atoms with Gasteiger partial charge in [0.1, 0.15) is 0 Å². The summed E-state index contributed by atoms with van der Waals surface area (Å²) < 4.78 is 15.5. The van der Waals surface area contributed by atoms with Crippen molar-refractivity contribution in [1.82, 2.24) is 5.32 Å². The van der Waals surface area contributed by atoms with E-state index in [2.05, 4.69) is 10.6 Å². The molecule has 26 heavy (non-hydrogen) atoms. The molecule has 0 aliphatic carbocycles. The van der Waals surface area contributed by atoms with Crippen molar-refractivity contribution < 1.29 is 23.8 Å². The number of carbonyl (C=O) groups excluding carboxylic acids is 2. The Morgan fingerprint density at radius 2 is 1.65 bits per heavy atom. The molecule has 2 aromatic rings. The van der Waals surface area contributed by atoms with Gasteiger partial charge in [-0.3, -0.25) is 9.59 Å². The van der Waals surface area contributed by atoms with Crippen LogP contribution in [-0.2, 0) is 9.53 Å². The summed E-state index contributed by atoms with van der Waals surface area (Å²) in [5.74, 6) is 0.546. The van der Waals surface area contributed by atoms with Gasteiger partial charge in [0.2, 0.25) is 0 Å². The van der Waals surface area contributed by atoms with Crippen molar-refractivity contribution in [3.05, 3.63) is 54.1 Å². The van der Waals surface area contributed by atoms with Crippen LogP contribution in [0.3, 0.4) is 0 Å². The third kappa shape index (κ3) is 5.78. The molecule has 7 heteroatoms. The molecule has 7 nitrogen and oxygen atoms in total. The Morgan fingerprint density at radius 1 is 0.962 bits per heavy atom. The summed E-state index contributed by atoms with van der Waals surface area (Å²) in [6, 6.07) is 13.7. The second kappa shape index (κ2) is 10.0. The van der Waals surface area contributed by atoms with Crippen molar-refractivity contribution in [2.45, 2.75) is 0 Å². The van der Waals surface area contributed by atoms with Crippen molar-refractivity contribution in [2.24, 2.45) is 0 Å². The van der Waals surface area contributed by atoms with Gasteiger partial charge in [0.25, 0.3) is 11.8 Å². The van der Waals surface area contributed by atoms with Crippen molar-refractivity contribution in [3.8, 4) is 11.5 Å². The maximum Gasteiger partial charge on any atom is 0.262 e. The Hall–Kier alpha value is -3.06. The van der Waals surface area contributed by atoms with Crippen LogP contribution >= 0.6 is 0 Å². The molecule has 0 aliphatic heterocycles. The third-order valence-corrected chi connectivity index (χ3v) is 3.45. The van der Waals surface area contributed by atoms with Crippen molar-refractivity contribution in [3.63, 3.8) is 0 Å². The molecule has 0 radical (unpaired) electrons. The van der Waals surface area contributed by atoms with E-state index >= 15 is 0 Å². The summed E-state index contributed by atoms with van der Waals surface area (Å²) in [5.41, 5.74) is 1.08. The van der Waals surface area contributed by atoms with Crippen molar-refractivity contribution in [1.29, 1.82) is 0 Å². The van der Waals surface area contributed by atoms with E-state index in [0.29, 0.717) is 35.9 Å². The van der Waals surface area contributed by atoms with Crippen LogP contribution in [0.5, 0.6) is 11.5 Å². The largest absolute Gasteiger partial charge is 0.493 e. The normalized spacial score (nSPS) is 10.1. The first kappa shape index (κ1) is 19.3. The van der Waals surface area contributed by atoms with Crippen LogP contribution in [-0.4, -0.2) is 45.8 Å². The van der Waals surface area contributed by atoms with E-state index in [4.69, 9.17) is 14.2 Å². The minimum absolute atomic E-state index is 0.153. The number of para-hydroxylation sites is 2. The highest BCUT2D eigenvalue weighted by molar-refractivity contribution is 5.96. The molecule has 0 aliphatic rings. The molecular weight excluding hydrogens is 336 g/mol. The fourth-order valence-electron chi connectivity index (χ4n) is 2.15. The standard InChI is InChI=1S/C19H22N2O5/c1-24-12-11-20-19(23)14-7-9-15(10-8-14)21-18(22)13-26-17-6-4-3-5-16(17)25-2/h3-10H,11-13H2,1-2H3,(H,20,23)(H,21,22). The predicted octanol–water partition coefficient (Wildman–Crippen LogP) is 2.09. The highest BCUT2D eigenvalue weighted by Crippen LogP contribution is 2.25. The Labute approximate surface area is 152 Å². The van der Waals surface area contributed by atoms with Crippen molar-refractivity contribution in [2.75, 3.05) is 39.3 Å². The fourth-order valence-corrected chi connectivity index (χ4v) is 2.15. The molecule has 0 spiro atoms. The van der Waals surface area contributed by atoms with E-state index < -0.39 is 0 Å². The quantitative estimate of drug-likeness (QED) is 0.671. The van der Waals surface area contributed by atoms with Crippen LogP contribution in [0.15, 0.2) is 48.5 Å². The van der Waals surface area contributed by atoms with E-state index in [1.807, 2.05) is 6.07 Å². The van der Waals surface area contributed by atoms with Gasteiger partial charge in [-0.05, 0) is 36.4 Å². The lowest BCUT2D eigenvalue weighted by molar-refractivity contribution is -0.118. The second-order valence-electron chi connectivity index (χ2n) is 5.31. The lowest BCUT2D eigenvalue weighted by atomic mass is 10.2. The van der Waals surface area contributed by atoms with Gasteiger partial charge in [0.15, 0.2) is 18.1 Å². The Morgan fingerprint density at radius 3 is 2.31 bits per heavy atom. The number of methoxy groups -OCH3 is 2. The SMILES string of the molecule is COCCNC(=O)c1ccc(NC(=O)COc2ccccc2OC)cc1. The second-order valence-corrected chi connectivity index (χ2v) is 5.31. The molecule has 2 rings (SSSR count). The molecule has 138 valence electrons. The fraction of sp³-hybridized carbons (Fsp3) is 0.263. The molecule has 0 bridgehead atoms. The molecule has 0 aromatic heterocycles. The molecule has 2 N–H and O–H groups in total. The van der Waals surface area contributed by atoms with E-state index in [1.165, 1.54) is 7.11 Å². The number of rotatable bonds is 9. The minimum Gasteiger partial charge on any atom is -0.493 e. The zero-order chi connectivity index (χ0) is 18.8. The van der Waals surface area contributed by atoms with Gasteiger partial charge < -0.3 is 24.8 Å². The summed E-state index contributed by atoms with van der Waals surface area (Å²) in [7, 11) is 3.11. The predicted molar refractivity (Wildman–Crippen MR) is 97.8 cm³/mol. The highest BCUT2D eigenvalue weighted by Gasteiger charge is 2.08. The number of hydrogen-bond acceptors (Lipinski definition) is 5. The minimum atomic E-state index is -0.312. The lowest BCUT2D eigenvalue weighted by Gasteiger charge is -2.11. The summed E-state index contributed by atoms with van der Waals surface area (Å²) in [5, 5.41) is 5.44. The zero-order valence-corrected chi connectivity index (χ0v) is 14.8. The van der Waals surface area contributed by atoms with Gasteiger partial charge in [-0.1, -0.05) is 12.1 Å². The molecule has 0 saturated heterocycles. The third-order valence-electron chi connectivity index (χ3n) is 3.45. The molecule has 0 atom stereocenters. The molecule has 2 aromatic carbocycles. The van der Waals surface area contributed by atoms with Gasteiger partial charge in [0.05, 0.1) is 13.7 Å². The number of ether oxygens (including phenoxy) is 3. The maximum atomic E-state index is 12.0. The van der Waals surface area contributed by atoms with Crippen LogP contribution < -0.4 is 20.1 Å². The van der Waals surface area contributed by atoms with E-state index in [0.717, 1.165) is 0 Å². The summed E-state index contributed by atoms with van der Waals surface area (Å²) in [6.45, 7) is 0.736. The van der Waals surface area contributed by atoms with Crippen LogP contribution in [0, 0.1) is 0 Å². The zero-order valence-electron chi connectivity index (χ0n) is 14.8. The molecule has 2 amide bonds. The molecular formula is C19H22N2O5. The summed E-state index contributed by atoms with van der Waals surface area (Å²) in [6.07, 6.45) is 0. The van der Waals surface area contributed by atoms with Crippen LogP contribution in [0.2, 0.25) is 0 Å².